The summed E-state index contributed by atoms with van der Waals surface area (Å²) >= 11 is 0. The minimum Gasteiger partial charge on any atom is -0.369 e. The summed E-state index contributed by atoms with van der Waals surface area (Å²) in [5, 5.41) is 1.16. The number of hydrogen-bond acceptors (Lipinski definition) is 4. The zero-order valence-electron chi connectivity index (χ0n) is 16.5. The second kappa shape index (κ2) is 8.30. The molecular formula is C25H22FN3O. The van der Waals surface area contributed by atoms with Gasteiger partial charge in [0.05, 0.1) is 17.8 Å². The van der Waals surface area contributed by atoms with E-state index in [1.165, 1.54) is 11.6 Å². The van der Waals surface area contributed by atoms with Crippen molar-refractivity contribution in [3.63, 3.8) is 0 Å². The van der Waals surface area contributed by atoms with Crippen LogP contribution in [0, 0.1) is 5.82 Å². The first-order chi connectivity index (χ1) is 14.8. The van der Waals surface area contributed by atoms with E-state index in [1.807, 2.05) is 30.5 Å². The molecular weight excluding hydrogens is 377 g/mol. The van der Waals surface area contributed by atoms with Crippen LogP contribution in [0.15, 0.2) is 79.1 Å². The molecule has 3 heterocycles. The van der Waals surface area contributed by atoms with Gasteiger partial charge in [-0.2, -0.15) is 0 Å². The van der Waals surface area contributed by atoms with Gasteiger partial charge in [0.1, 0.15) is 11.9 Å². The second-order valence-corrected chi connectivity index (χ2v) is 7.58. The van der Waals surface area contributed by atoms with Gasteiger partial charge in [-0.05, 0) is 35.9 Å². The predicted octanol–water partition coefficient (Wildman–Crippen LogP) is 5.01. The molecule has 1 atom stereocenters. The summed E-state index contributed by atoms with van der Waals surface area (Å²) in [6.07, 6.45) is 3.46. The summed E-state index contributed by atoms with van der Waals surface area (Å²) in [4.78, 5) is 11.4. The molecule has 2 aromatic carbocycles. The van der Waals surface area contributed by atoms with E-state index >= 15 is 0 Å². The van der Waals surface area contributed by atoms with E-state index in [0.717, 1.165) is 41.8 Å². The number of hydrogen-bond donors (Lipinski definition) is 0. The van der Waals surface area contributed by atoms with Crippen LogP contribution < -0.4 is 0 Å². The van der Waals surface area contributed by atoms with Crippen molar-refractivity contribution < 1.29 is 9.13 Å². The fraction of sp³-hybridized carbons (Fsp3) is 0.200. The van der Waals surface area contributed by atoms with Crippen LogP contribution in [0.4, 0.5) is 4.39 Å². The van der Waals surface area contributed by atoms with Crippen LogP contribution in [0.2, 0.25) is 0 Å². The number of rotatable bonds is 4. The first kappa shape index (κ1) is 18.9. The maximum atomic E-state index is 14.0. The summed E-state index contributed by atoms with van der Waals surface area (Å²) in [6, 6.07) is 21.1. The first-order valence-corrected chi connectivity index (χ1v) is 10.1. The van der Waals surface area contributed by atoms with Gasteiger partial charge >= 0.3 is 0 Å². The number of halogens is 1. The van der Waals surface area contributed by atoms with E-state index in [0.29, 0.717) is 12.2 Å². The van der Waals surface area contributed by atoms with E-state index in [4.69, 9.17) is 4.74 Å². The van der Waals surface area contributed by atoms with Crippen LogP contribution in [-0.4, -0.2) is 34.6 Å². The van der Waals surface area contributed by atoms with Gasteiger partial charge in [0.15, 0.2) is 0 Å². The van der Waals surface area contributed by atoms with Gasteiger partial charge in [-0.15, -0.1) is 0 Å². The SMILES string of the molecule is Fc1ccccc1-c1ccc([C@H]2CN(Cc3ccc4ncccc4c3)CCO2)nc1. The quantitative estimate of drug-likeness (QED) is 0.484. The van der Waals surface area contributed by atoms with E-state index < -0.39 is 0 Å². The Bertz CT molecular complexity index is 1160. The smallest absolute Gasteiger partial charge is 0.131 e. The molecule has 5 heteroatoms. The molecule has 1 aliphatic heterocycles. The van der Waals surface area contributed by atoms with Crippen molar-refractivity contribution in [2.24, 2.45) is 0 Å². The third-order valence-electron chi connectivity index (χ3n) is 5.53. The molecule has 0 aliphatic carbocycles. The van der Waals surface area contributed by atoms with Crippen molar-refractivity contribution in [2.45, 2.75) is 12.6 Å². The van der Waals surface area contributed by atoms with Crippen molar-refractivity contribution in [2.75, 3.05) is 19.7 Å². The third-order valence-corrected chi connectivity index (χ3v) is 5.53. The van der Waals surface area contributed by atoms with Gasteiger partial charge in [-0.1, -0.05) is 36.4 Å². The van der Waals surface area contributed by atoms with Gasteiger partial charge in [0, 0.05) is 48.5 Å². The molecule has 0 spiro atoms. The van der Waals surface area contributed by atoms with Gasteiger partial charge in [0.25, 0.3) is 0 Å². The lowest BCUT2D eigenvalue weighted by molar-refractivity contribution is -0.0349. The Labute approximate surface area is 175 Å². The Hall–Kier alpha value is -3.15. The molecule has 30 heavy (non-hydrogen) atoms. The highest BCUT2D eigenvalue weighted by molar-refractivity contribution is 5.78. The maximum absolute atomic E-state index is 14.0. The second-order valence-electron chi connectivity index (χ2n) is 7.58. The fourth-order valence-corrected chi connectivity index (χ4v) is 3.96. The van der Waals surface area contributed by atoms with Gasteiger partial charge in [0.2, 0.25) is 0 Å². The molecule has 2 aromatic heterocycles. The van der Waals surface area contributed by atoms with Crippen LogP contribution in [0.25, 0.3) is 22.0 Å². The number of morpholine rings is 1. The average Bonchev–Trinajstić information content (AvgIpc) is 2.80. The lowest BCUT2D eigenvalue weighted by atomic mass is 10.1. The fourth-order valence-electron chi connectivity index (χ4n) is 3.96. The molecule has 1 aliphatic rings. The van der Waals surface area contributed by atoms with Gasteiger partial charge in [-0.3, -0.25) is 14.9 Å². The largest absolute Gasteiger partial charge is 0.369 e. The molecule has 0 N–H and O–H groups in total. The number of fused-ring (bicyclic) bond motifs is 1. The van der Waals surface area contributed by atoms with Crippen molar-refractivity contribution in [3.05, 3.63) is 96.2 Å². The highest BCUT2D eigenvalue weighted by atomic mass is 19.1. The molecule has 1 fully saturated rings. The van der Waals surface area contributed by atoms with Crippen LogP contribution in [0.3, 0.4) is 0 Å². The van der Waals surface area contributed by atoms with E-state index in [-0.39, 0.29) is 11.9 Å². The summed E-state index contributed by atoms with van der Waals surface area (Å²) in [6.45, 7) is 3.18. The molecule has 5 rings (SSSR count). The van der Waals surface area contributed by atoms with Crippen molar-refractivity contribution in [1.82, 2.24) is 14.9 Å². The number of benzene rings is 2. The average molecular weight is 399 g/mol. The lowest BCUT2D eigenvalue weighted by Crippen LogP contribution is -2.38. The summed E-state index contributed by atoms with van der Waals surface area (Å²) in [5.74, 6) is -0.238. The zero-order chi connectivity index (χ0) is 20.3. The van der Waals surface area contributed by atoms with Crippen LogP contribution in [0.5, 0.6) is 0 Å². The predicted molar refractivity (Wildman–Crippen MR) is 115 cm³/mol. The molecule has 150 valence electrons. The molecule has 0 amide bonds. The van der Waals surface area contributed by atoms with Gasteiger partial charge in [-0.25, -0.2) is 4.39 Å². The van der Waals surface area contributed by atoms with Crippen molar-refractivity contribution in [3.8, 4) is 11.1 Å². The molecule has 0 bridgehead atoms. The normalized spacial score (nSPS) is 17.3. The van der Waals surface area contributed by atoms with Crippen LogP contribution >= 0.6 is 0 Å². The molecule has 4 nitrogen and oxygen atoms in total. The van der Waals surface area contributed by atoms with E-state index in [2.05, 4.69) is 39.1 Å². The molecule has 4 aromatic rings. The highest BCUT2D eigenvalue weighted by Crippen LogP contribution is 2.26. The number of nitrogens with zero attached hydrogens (tertiary/aromatic N) is 3. The van der Waals surface area contributed by atoms with Crippen molar-refractivity contribution >= 4 is 10.9 Å². The van der Waals surface area contributed by atoms with E-state index in [1.54, 1.807) is 18.3 Å². The summed E-state index contributed by atoms with van der Waals surface area (Å²) in [7, 11) is 0. The monoisotopic (exact) mass is 399 g/mol. The van der Waals surface area contributed by atoms with Crippen LogP contribution in [0.1, 0.15) is 17.4 Å². The Morgan fingerprint density at radius 3 is 2.80 bits per heavy atom. The third kappa shape index (κ3) is 3.95. The zero-order valence-corrected chi connectivity index (χ0v) is 16.5. The summed E-state index contributed by atoms with van der Waals surface area (Å²) < 4.78 is 20.0. The standard InChI is InChI=1S/C25H22FN3O/c26-22-6-2-1-5-21(22)20-8-10-24(28-15-20)25-17-29(12-13-30-25)16-18-7-9-23-19(14-18)4-3-11-27-23/h1-11,14-15,25H,12-13,16-17H2/t25-/m1/s1. The number of pyridine rings is 2. The topological polar surface area (TPSA) is 38.2 Å². The molecule has 0 unspecified atom stereocenters. The first-order valence-electron chi connectivity index (χ1n) is 10.1. The Balaban J connectivity index is 1.29. The van der Waals surface area contributed by atoms with Gasteiger partial charge < -0.3 is 4.74 Å². The maximum Gasteiger partial charge on any atom is 0.131 e. The Morgan fingerprint density at radius 1 is 1.00 bits per heavy atom. The number of aromatic nitrogens is 2. The van der Waals surface area contributed by atoms with E-state index in [9.17, 15) is 4.39 Å². The molecule has 1 saturated heterocycles. The highest BCUT2D eigenvalue weighted by Gasteiger charge is 2.23. The minimum absolute atomic E-state index is 0.0875. The minimum atomic E-state index is -0.238. The molecule has 0 radical (unpaired) electrons. The number of ether oxygens (including phenoxy) is 1. The Morgan fingerprint density at radius 2 is 1.93 bits per heavy atom. The van der Waals surface area contributed by atoms with Crippen molar-refractivity contribution in [1.29, 1.82) is 0 Å². The van der Waals surface area contributed by atoms with Crippen LogP contribution in [-0.2, 0) is 11.3 Å². The Kier molecular flexibility index (Phi) is 5.22. The lowest BCUT2D eigenvalue weighted by Gasteiger charge is -2.32. The molecule has 0 saturated carbocycles. The summed E-state index contributed by atoms with van der Waals surface area (Å²) in [5.41, 5.74) is 4.49.